The van der Waals surface area contributed by atoms with Crippen LogP contribution < -0.4 is 18.9 Å². The molecule has 12 heteroatoms. The fourth-order valence-corrected chi connectivity index (χ4v) is 1.24. The van der Waals surface area contributed by atoms with Crippen LogP contribution in [0.4, 0.5) is 19.2 Å². The van der Waals surface area contributed by atoms with E-state index in [2.05, 4.69) is 18.9 Å². The second-order valence-corrected chi connectivity index (χ2v) is 3.19. The average Bonchev–Trinajstić information content (AvgIpc) is 2.34. The van der Waals surface area contributed by atoms with Crippen molar-refractivity contribution < 1.29 is 58.6 Å². The third kappa shape index (κ3) is 4.44. The lowest BCUT2D eigenvalue weighted by atomic mass is 10.2. The average molecular weight is 318 g/mol. The van der Waals surface area contributed by atoms with Crippen LogP contribution >= 0.6 is 0 Å². The molecule has 0 spiro atoms. The number of hydrogen-bond acceptors (Lipinski definition) is 8. The standard InChI is InChI=1S/C10H6O12/c11-7(12)19-3-1-2-4(20-8(13)14)6(22-10(17)18)5(3)21-9(15)16/h1-2H,(H,11,12)(H,13,14)(H,15,16)(H,17,18). The van der Waals surface area contributed by atoms with E-state index >= 15 is 0 Å². The van der Waals surface area contributed by atoms with E-state index in [9.17, 15) is 19.2 Å². The summed E-state index contributed by atoms with van der Waals surface area (Å²) in [5.41, 5.74) is 0. The maximum Gasteiger partial charge on any atom is 0.511 e. The van der Waals surface area contributed by atoms with Gasteiger partial charge in [0, 0.05) is 0 Å². The fourth-order valence-electron chi connectivity index (χ4n) is 1.24. The highest BCUT2D eigenvalue weighted by Gasteiger charge is 2.26. The highest BCUT2D eigenvalue weighted by atomic mass is 16.7. The van der Waals surface area contributed by atoms with E-state index in [1.807, 2.05) is 0 Å². The molecular formula is C10H6O12. The monoisotopic (exact) mass is 318 g/mol. The number of carboxylic acid groups (broad SMARTS) is 4. The van der Waals surface area contributed by atoms with Gasteiger partial charge in [-0.3, -0.25) is 0 Å². The molecule has 0 saturated carbocycles. The van der Waals surface area contributed by atoms with Crippen molar-refractivity contribution in [3.8, 4) is 23.0 Å². The van der Waals surface area contributed by atoms with Gasteiger partial charge in [0.25, 0.3) is 0 Å². The van der Waals surface area contributed by atoms with E-state index in [-0.39, 0.29) is 0 Å². The summed E-state index contributed by atoms with van der Waals surface area (Å²) in [6, 6.07) is 1.55. The Morgan fingerprint density at radius 1 is 0.591 bits per heavy atom. The molecular weight excluding hydrogens is 312 g/mol. The Morgan fingerprint density at radius 2 is 0.864 bits per heavy atom. The highest BCUT2D eigenvalue weighted by Crippen LogP contribution is 2.45. The first kappa shape index (κ1) is 16.4. The lowest BCUT2D eigenvalue weighted by molar-refractivity contribution is 0.122. The lowest BCUT2D eigenvalue weighted by Crippen LogP contribution is -2.13. The zero-order chi connectivity index (χ0) is 16.9. The van der Waals surface area contributed by atoms with Crippen molar-refractivity contribution in [3.05, 3.63) is 12.1 Å². The Morgan fingerprint density at radius 3 is 1.09 bits per heavy atom. The molecule has 0 aliphatic heterocycles. The fraction of sp³-hybridized carbons (Fsp3) is 0. The Hall–Kier alpha value is -3.70. The predicted molar refractivity (Wildman–Crippen MR) is 61.1 cm³/mol. The molecule has 0 atom stereocenters. The van der Waals surface area contributed by atoms with Crippen molar-refractivity contribution in [2.24, 2.45) is 0 Å². The minimum atomic E-state index is -1.97. The molecule has 22 heavy (non-hydrogen) atoms. The van der Waals surface area contributed by atoms with Gasteiger partial charge in [0.1, 0.15) is 0 Å². The van der Waals surface area contributed by atoms with Crippen LogP contribution in [0, 0.1) is 0 Å². The summed E-state index contributed by atoms with van der Waals surface area (Å²) in [4.78, 5) is 42.2. The second kappa shape index (κ2) is 6.65. The van der Waals surface area contributed by atoms with Crippen molar-refractivity contribution in [1.29, 1.82) is 0 Å². The second-order valence-electron chi connectivity index (χ2n) is 3.19. The van der Waals surface area contributed by atoms with Crippen molar-refractivity contribution in [2.45, 2.75) is 0 Å². The Labute approximate surface area is 119 Å². The van der Waals surface area contributed by atoms with Crippen LogP contribution in [-0.4, -0.2) is 45.0 Å². The van der Waals surface area contributed by atoms with Gasteiger partial charge >= 0.3 is 24.6 Å². The van der Waals surface area contributed by atoms with E-state index in [1.165, 1.54) is 0 Å². The first-order valence-corrected chi connectivity index (χ1v) is 5.00. The summed E-state index contributed by atoms with van der Waals surface area (Å²) in [5, 5.41) is 34.2. The molecule has 0 heterocycles. The molecule has 0 fully saturated rings. The molecule has 1 aromatic rings. The first-order valence-electron chi connectivity index (χ1n) is 5.00. The maximum atomic E-state index is 10.6. The summed E-state index contributed by atoms with van der Waals surface area (Å²) in [5.74, 6) is -3.56. The number of rotatable bonds is 4. The molecule has 1 aromatic carbocycles. The van der Waals surface area contributed by atoms with Gasteiger partial charge in [0.15, 0.2) is 11.5 Å². The van der Waals surface area contributed by atoms with Crippen LogP contribution in [0.5, 0.6) is 23.0 Å². The Bertz CT molecular complexity index is 578. The summed E-state index contributed by atoms with van der Waals surface area (Å²) in [6.45, 7) is 0. The highest BCUT2D eigenvalue weighted by molar-refractivity contribution is 5.76. The van der Waals surface area contributed by atoms with Gasteiger partial charge in [0.05, 0.1) is 0 Å². The minimum absolute atomic E-state index is 0.760. The van der Waals surface area contributed by atoms with Gasteiger partial charge in [-0.1, -0.05) is 0 Å². The van der Waals surface area contributed by atoms with Crippen molar-refractivity contribution in [2.75, 3.05) is 0 Å². The maximum absolute atomic E-state index is 10.6. The summed E-state index contributed by atoms with van der Waals surface area (Å²) in [7, 11) is 0. The smallest absolute Gasteiger partial charge is 0.449 e. The topological polar surface area (TPSA) is 186 Å². The van der Waals surface area contributed by atoms with E-state index in [4.69, 9.17) is 20.4 Å². The van der Waals surface area contributed by atoms with Crippen LogP contribution in [0.15, 0.2) is 12.1 Å². The quantitative estimate of drug-likeness (QED) is 0.467. The first-order chi connectivity index (χ1) is 10.2. The molecule has 0 aliphatic carbocycles. The van der Waals surface area contributed by atoms with Gasteiger partial charge in [-0.05, 0) is 12.1 Å². The van der Waals surface area contributed by atoms with Crippen LogP contribution in [0.25, 0.3) is 0 Å². The van der Waals surface area contributed by atoms with Crippen LogP contribution in [0.3, 0.4) is 0 Å². The van der Waals surface area contributed by atoms with E-state index < -0.39 is 47.6 Å². The molecule has 118 valence electrons. The Balaban J connectivity index is 3.48. The van der Waals surface area contributed by atoms with E-state index in [0.717, 1.165) is 12.1 Å². The molecule has 0 radical (unpaired) electrons. The van der Waals surface area contributed by atoms with Gasteiger partial charge < -0.3 is 39.4 Å². The SMILES string of the molecule is O=C(O)Oc1ccc(OC(=O)O)c(OC(=O)O)c1OC(=O)O. The minimum Gasteiger partial charge on any atom is -0.449 e. The van der Waals surface area contributed by atoms with Gasteiger partial charge in [-0.25, -0.2) is 19.2 Å². The number of ether oxygens (including phenoxy) is 4. The third-order valence-electron chi connectivity index (χ3n) is 1.81. The summed E-state index contributed by atoms with van der Waals surface area (Å²) < 4.78 is 16.7. The van der Waals surface area contributed by atoms with Gasteiger partial charge in [-0.15, -0.1) is 0 Å². The molecule has 0 aromatic heterocycles. The van der Waals surface area contributed by atoms with Crippen LogP contribution in [0.2, 0.25) is 0 Å². The van der Waals surface area contributed by atoms with Gasteiger partial charge in [-0.2, -0.15) is 0 Å². The van der Waals surface area contributed by atoms with Crippen molar-refractivity contribution >= 4 is 24.6 Å². The van der Waals surface area contributed by atoms with E-state index in [0.29, 0.717) is 0 Å². The number of benzene rings is 1. The molecule has 0 saturated heterocycles. The third-order valence-corrected chi connectivity index (χ3v) is 1.81. The zero-order valence-electron chi connectivity index (χ0n) is 10.2. The molecule has 4 N–H and O–H groups in total. The zero-order valence-corrected chi connectivity index (χ0v) is 10.2. The summed E-state index contributed by atoms with van der Waals surface area (Å²) >= 11 is 0. The van der Waals surface area contributed by atoms with E-state index in [1.54, 1.807) is 0 Å². The molecule has 0 aliphatic rings. The Kier molecular flexibility index (Phi) is 4.94. The normalized spacial score (nSPS) is 9.45. The van der Waals surface area contributed by atoms with Crippen molar-refractivity contribution in [3.63, 3.8) is 0 Å². The summed E-state index contributed by atoms with van der Waals surface area (Å²) in [6.07, 6.45) is -7.69. The van der Waals surface area contributed by atoms with Gasteiger partial charge in [0.2, 0.25) is 11.5 Å². The number of carbonyl (C=O) groups is 4. The lowest BCUT2D eigenvalue weighted by Gasteiger charge is -2.13. The van der Waals surface area contributed by atoms with Crippen LogP contribution in [0.1, 0.15) is 0 Å². The molecule has 0 bridgehead atoms. The number of hydrogen-bond donors (Lipinski definition) is 4. The molecule has 0 unspecified atom stereocenters. The molecule has 0 amide bonds. The van der Waals surface area contributed by atoms with Crippen molar-refractivity contribution in [1.82, 2.24) is 0 Å². The van der Waals surface area contributed by atoms with Crippen LogP contribution in [-0.2, 0) is 0 Å². The molecule has 12 nitrogen and oxygen atoms in total. The predicted octanol–water partition coefficient (Wildman–Crippen LogP) is 1.91. The molecule has 1 rings (SSSR count). The largest absolute Gasteiger partial charge is 0.511 e.